The van der Waals surface area contributed by atoms with Gasteiger partial charge in [0, 0.05) is 30.3 Å². The normalized spacial score (nSPS) is 30.6. The van der Waals surface area contributed by atoms with Gasteiger partial charge >= 0.3 is 0 Å². The van der Waals surface area contributed by atoms with Crippen molar-refractivity contribution in [2.24, 2.45) is 11.8 Å². The molecule has 2 bridgehead atoms. The Morgan fingerprint density at radius 3 is 2.59 bits per heavy atom. The number of likely N-dealkylation sites (tertiary alicyclic amines) is 1. The van der Waals surface area contributed by atoms with E-state index < -0.39 is 17.8 Å². The van der Waals surface area contributed by atoms with Crippen LogP contribution in [0, 0.1) is 11.8 Å². The molecule has 1 aliphatic carbocycles. The predicted octanol–water partition coefficient (Wildman–Crippen LogP) is 1.66. The van der Waals surface area contributed by atoms with E-state index >= 15 is 0 Å². The third-order valence-electron chi connectivity index (χ3n) is 3.70. The van der Waals surface area contributed by atoms with Crippen LogP contribution >= 0.6 is 11.5 Å². The van der Waals surface area contributed by atoms with E-state index in [0.29, 0.717) is 12.8 Å². The van der Waals surface area contributed by atoms with Gasteiger partial charge < -0.3 is 4.90 Å². The Hall–Kier alpha value is -1.11. The fourth-order valence-corrected chi connectivity index (χ4v) is 3.17. The number of rotatable bonds is 1. The van der Waals surface area contributed by atoms with Crippen molar-refractivity contribution in [3.8, 4) is 0 Å². The van der Waals surface area contributed by atoms with Crippen molar-refractivity contribution in [3.63, 3.8) is 0 Å². The molecule has 92 valence electrons. The smallest absolute Gasteiger partial charge is 0.275 e. The van der Waals surface area contributed by atoms with Crippen LogP contribution in [0.3, 0.4) is 0 Å². The zero-order valence-corrected chi connectivity index (χ0v) is 9.79. The lowest BCUT2D eigenvalue weighted by Crippen LogP contribution is -2.50. The van der Waals surface area contributed by atoms with E-state index in [1.54, 1.807) is 5.38 Å². The van der Waals surface area contributed by atoms with E-state index in [4.69, 9.17) is 0 Å². The maximum absolute atomic E-state index is 13.7. The molecule has 2 fully saturated rings. The van der Waals surface area contributed by atoms with Gasteiger partial charge in [0.15, 0.2) is 5.69 Å². The third kappa shape index (κ3) is 1.64. The predicted molar refractivity (Wildman–Crippen MR) is 57.0 cm³/mol. The van der Waals surface area contributed by atoms with Gasteiger partial charge in [0.25, 0.3) is 11.8 Å². The minimum absolute atomic E-state index is 0.139. The molecule has 1 aromatic rings. The molecule has 0 N–H and O–H groups in total. The molecule has 2 unspecified atom stereocenters. The SMILES string of the molecule is O=C(c1csnn1)N1CC2CCC(C1)C2(F)F. The van der Waals surface area contributed by atoms with E-state index in [-0.39, 0.29) is 24.7 Å². The maximum atomic E-state index is 13.7. The molecule has 4 nitrogen and oxygen atoms in total. The number of amides is 1. The first kappa shape index (κ1) is 11.0. The van der Waals surface area contributed by atoms with Crippen molar-refractivity contribution in [1.29, 1.82) is 0 Å². The molecular formula is C10H11F2N3OS. The number of carbonyl (C=O) groups excluding carboxylic acids is 1. The molecule has 1 saturated heterocycles. The highest BCUT2D eigenvalue weighted by atomic mass is 32.1. The van der Waals surface area contributed by atoms with Crippen LogP contribution in [0.15, 0.2) is 5.38 Å². The highest BCUT2D eigenvalue weighted by molar-refractivity contribution is 7.03. The van der Waals surface area contributed by atoms with Gasteiger partial charge in [-0.25, -0.2) is 8.78 Å². The van der Waals surface area contributed by atoms with Crippen LogP contribution in [-0.4, -0.2) is 39.4 Å². The molecule has 2 aliphatic rings. The van der Waals surface area contributed by atoms with Crippen LogP contribution in [0.2, 0.25) is 0 Å². The second-order valence-corrected chi connectivity index (χ2v) is 5.26. The summed E-state index contributed by atoms with van der Waals surface area (Å²) in [5, 5.41) is 5.24. The molecule has 7 heteroatoms. The number of hydrogen-bond acceptors (Lipinski definition) is 4. The molecule has 0 spiro atoms. The van der Waals surface area contributed by atoms with Crippen LogP contribution in [-0.2, 0) is 0 Å². The molecule has 1 aliphatic heterocycles. The molecule has 1 aromatic heterocycles. The van der Waals surface area contributed by atoms with Crippen LogP contribution in [0.25, 0.3) is 0 Å². The lowest BCUT2D eigenvalue weighted by Gasteiger charge is -2.37. The van der Waals surface area contributed by atoms with Gasteiger partial charge in [-0.15, -0.1) is 5.10 Å². The zero-order valence-electron chi connectivity index (χ0n) is 8.97. The number of piperidine rings is 1. The van der Waals surface area contributed by atoms with E-state index in [0.717, 1.165) is 11.5 Å². The summed E-state index contributed by atoms with van der Waals surface area (Å²) in [7, 11) is 0. The largest absolute Gasteiger partial charge is 0.336 e. The van der Waals surface area contributed by atoms with E-state index in [9.17, 15) is 13.6 Å². The van der Waals surface area contributed by atoms with Gasteiger partial charge in [0.05, 0.1) is 0 Å². The summed E-state index contributed by atoms with van der Waals surface area (Å²) >= 11 is 1.09. The van der Waals surface area contributed by atoms with Gasteiger partial charge in [0.2, 0.25) is 0 Å². The number of aromatic nitrogens is 2. The molecule has 0 aromatic carbocycles. The van der Waals surface area contributed by atoms with E-state index in [1.807, 2.05) is 0 Å². The van der Waals surface area contributed by atoms with Crippen molar-refractivity contribution in [3.05, 3.63) is 11.1 Å². The number of carbonyl (C=O) groups is 1. The summed E-state index contributed by atoms with van der Waals surface area (Å²) < 4.78 is 31.0. The Balaban J connectivity index is 1.79. The van der Waals surface area contributed by atoms with Gasteiger partial charge in [-0.1, -0.05) is 4.49 Å². The Labute approximate surface area is 101 Å². The van der Waals surface area contributed by atoms with Gasteiger partial charge in [-0.05, 0) is 24.4 Å². The first-order valence-electron chi connectivity index (χ1n) is 5.53. The molecule has 1 amide bonds. The average Bonchev–Trinajstić information content (AvgIpc) is 2.82. The van der Waals surface area contributed by atoms with Crippen molar-refractivity contribution < 1.29 is 13.6 Å². The number of fused-ring (bicyclic) bond motifs is 2. The number of halogens is 2. The first-order valence-corrected chi connectivity index (χ1v) is 6.37. The Bertz CT molecular complexity index is 421. The van der Waals surface area contributed by atoms with E-state index in [2.05, 4.69) is 9.59 Å². The highest BCUT2D eigenvalue weighted by Gasteiger charge is 2.56. The second kappa shape index (κ2) is 3.69. The second-order valence-electron chi connectivity index (χ2n) is 4.65. The van der Waals surface area contributed by atoms with Crippen molar-refractivity contribution in [2.45, 2.75) is 18.8 Å². The lowest BCUT2D eigenvalue weighted by molar-refractivity contribution is -0.110. The fourth-order valence-electron chi connectivity index (χ4n) is 2.74. The lowest BCUT2D eigenvalue weighted by atomic mass is 9.93. The minimum atomic E-state index is -2.60. The molecule has 2 atom stereocenters. The van der Waals surface area contributed by atoms with Crippen molar-refractivity contribution in [1.82, 2.24) is 14.5 Å². The molecular weight excluding hydrogens is 248 g/mol. The van der Waals surface area contributed by atoms with Gasteiger partial charge in [-0.3, -0.25) is 4.79 Å². The zero-order chi connectivity index (χ0) is 12.0. The van der Waals surface area contributed by atoms with Crippen LogP contribution < -0.4 is 0 Å². The van der Waals surface area contributed by atoms with E-state index in [1.165, 1.54) is 4.90 Å². The molecule has 3 rings (SSSR count). The standard InChI is InChI=1S/C10H11F2N3OS/c11-10(12)6-1-2-7(10)4-15(3-6)9(16)8-5-17-14-13-8/h5-7H,1-4H2. The van der Waals surface area contributed by atoms with Gasteiger partial charge in [-0.2, -0.15) is 0 Å². The summed E-state index contributed by atoms with van der Waals surface area (Å²) in [6, 6.07) is 0. The van der Waals surface area contributed by atoms with Gasteiger partial charge in [0.1, 0.15) is 0 Å². The third-order valence-corrected chi connectivity index (χ3v) is 4.20. The fraction of sp³-hybridized carbons (Fsp3) is 0.700. The summed E-state index contributed by atoms with van der Waals surface area (Å²) in [5.41, 5.74) is 0.264. The summed E-state index contributed by atoms with van der Waals surface area (Å²) in [5.74, 6) is -4.24. The average molecular weight is 259 g/mol. The summed E-state index contributed by atoms with van der Waals surface area (Å²) in [6.07, 6.45) is 1.02. The molecule has 2 heterocycles. The Kier molecular flexibility index (Phi) is 2.39. The summed E-state index contributed by atoms with van der Waals surface area (Å²) in [6.45, 7) is 0.277. The monoisotopic (exact) mass is 259 g/mol. The topological polar surface area (TPSA) is 46.1 Å². The van der Waals surface area contributed by atoms with Crippen molar-refractivity contribution >= 4 is 17.4 Å². The minimum Gasteiger partial charge on any atom is -0.336 e. The Morgan fingerprint density at radius 1 is 1.41 bits per heavy atom. The number of hydrogen-bond donors (Lipinski definition) is 0. The first-order chi connectivity index (χ1) is 8.09. The van der Waals surface area contributed by atoms with Crippen LogP contribution in [0.5, 0.6) is 0 Å². The molecule has 17 heavy (non-hydrogen) atoms. The number of alkyl halides is 2. The Morgan fingerprint density at radius 2 is 2.06 bits per heavy atom. The maximum Gasteiger partial charge on any atom is 0.275 e. The van der Waals surface area contributed by atoms with Crippen LogP contribution in [0.1, 0.15) is 23.3 Å². The molecule has 1 saturated carbocycles. The van der Waals surface area contributed by atoms with Crippen molar-refractivity contribution in [2.75, 3.05) is 13.1 Å². The molecule has 0 radical (unpaired) electrons. The van der Waals surface area contributed by atoms with Crippen LogP contribution in [0.4, 0.5) is 8.78 Å². The summed E-state index contributed by atoms with van der Waals surface area (Å²) in [4.78, 5) is 13.5. The highest BCUT2D eigenvalue weighted by Crippen LogP contribution is 2.48. The quantitative estimate of drug-likeness (QED) is 0.770. The number of nitrogens with zero attached hydrogens (tertiary/aromatic N) is 3.